The molecule has 1 aliphatic heterocycles. The summed E-state index contributed by atoms with van der Waals surface area (Å²) < 4.78 is 10.7. The second kappa shape index (κ2) is 9.23. The number of rotatable bonds is 6. The molecule has 1 saturated carbocycles. The second-order valence-corrected chi connectivity index (χ2v) is 8.66. The maximum Gasteiger partial charge on any atom is 0.276 e. The van der Waals surface area contributed by atoms with Gasteiger partial charge in [-0.15, -0.1) is 5.10 Å². The van der Waals surface area contributed by atoms with Crippen LogP contribution in [0.4, 0.5) is 5.69 Å². The van der Waals surface area contributed by atoms with Crippen molar-refractivity contribution in [3.05, 3.63) is 53.2 Å². The van der Waals surface area contributed by atoms with E-state index in [1.54, 1.807) is 26.4 Å². The summed E-state index contributed by atoms with van der Waals surface area (Å²) in [5.74, 6) is 0.886. The minimum atomic E-state index is -0.283. The smallest absolute Gasteiger partial charge is 0.276 e. The third-order valence-corrected chi connectivity index (χ3v) is 6.82. The van der Waals surface area contributed by atoms with Crippen LogP contribution in [-0.4, -0.2) is 59.6 Å². The predicted octanol–water partition coefficient (Wildman–Crippen LogP) is 3.69. The summed E-state index contributed by atoms with van der Waals surface area (Å²) in [6, 6.07) is 12.4. The number of carbonyl (C=O) groups is 1. The average molecular weight is 448 g/mol. The van der Waals surface area contributed by atoms with Crippen LogP contribution < -0.4 is 14.8 Å². The van der Waals surface area contributed by atoms with E-state index in [4.69, 9.17) is 9.47 Å². The van der Waals surface area contributed by atoms with Gasteiger partial charge in [0, 0.05) is 30.4 Å². The summed E-state index contributed by atoms with van der Waals surface area (Å²) >= 11 is 0. The van der Waals surface area contributed by atoms with Crippen LogP contribution in [0.3, 0.4) is 0 Å². The van der Waals surface area contributed by atoms with E-state index in [1.807, 2.05) is 12.1 Å². The van der Waals surface area contributed by atoms with Gasteiger partial charge in [0.2, 0.25) is 0 Å². The fourth-order valence-electron chi connectivity index (χ4n) is 4.70. The highest BCUT2D eigenvalue weighted by Gasteiger charge is 2.26. The quantitative estimate of drug-likeness (QED) is 0.599. The number of methoxy groups -OCH3 is 2. The fraction of sp³-hybridized carbons (Fsp3) is 0.400. The van der Waals surface area contributed by atoms with E-state index in [0.29, 0.717) is 28.5 Å². The zero-order valence-corrected chi connectivity index (χ0v) is 19.1. The van der Waals surface area contributed by atoms with E-state index in [0.717, 1.165) is 37.7 Å². The lowest BCUT2D eigenvalue weighted by Crippen LogP contribution is -2.41. The van der Waals surface area contributed by atoms with E-state index >= 15 is 0 Å². The Morgan fingerprint density at radius 3 is 2.55 bits per heavy atom. The van der Waals surface area contributed by atoms with Gasteiger partial charge in [-0.1, -0.05) is 17.7 Å². The molecule has 8 heteroatoms. The number of aromatic nitrogens is 3. The van der Waals surface area contributed by atoms with Crippen molar-refractivity contribution in [2.24, 2.45) is 0 Å². The molecule has 0 spiro atoms. The highest BCUT2D eigenvalue weighted by atomic mass is 16.5. The third-order valence-electron chi connectivity index (χ3n) is 6.82. The number of nitrogens with zero attached hydrogens (tertiary/aromatic N) is 3. The molecule has 0 saturated heterocycles. The van der Waals surface area contributed by atoms with Gasteiger partial charge in [-0.05, 0) is 67.1 Å². The van der Waals surface area contributed by atoms with Crippen molar-refractivity contribution in [1.82, 2.24) is 20.3 Å². The highest BCUT2D eigenvalue weighted by Crippen LogP contribution is 2.33. The van der Waals surface area contributed by atoms with Gasteiger partial charge < -0.3 is 14.8 Å². The van der Waals surface area contributed by atoms with Crippen LogP contribution in [0.5, 0.6) is 11.5 Å². The summed E-state index contributed by atoms with van der Waals surface area (Å²) in [7, 11) is 3.15. The third kappa shape index (κ3) is 4.30. The van der Waals surface area contributed by atoms with E-state index in [2.05, 4.69) is 37.8 Å². The Labute approximate surface area is 193 Å². The summed E-state index contributed by atoms with van der Waals surface area (Å²) in [4.78, 5) is 15.7. The molecule has 33 heavy (non-hydrogen) atoms. The lowest BCUT2D eigenvalue weighted by molar-refractivity contribution is 0.102. The van der Waals surface area contributed by atoms with Gasteiger partial charge in [0.1, 0.15) is 5.69 Å². The van der Waals surface area contributed by atoms with Crippen LogP contribution >= 0.6 is 0 Å². The highest BCUT2D eigenvalue weighted by molar-refractivity contribution is 6.06. The number of benzene rings is 2. The van der Waals surface area contributed by atoms with Crippen LogP contribution in [0, 0.1) is 0 Å². The number of H-pyrrole nitrogens is 1. The number of hydrogen-bond donors (Lipinski definition) is 2. The molecule has 1 amide bonds. The van der Waals surface area contributed by atoms with Gasteiger partial charge in [0.15, 0.2) is 17.2 Å². The molecule has 0 atom stereocenters. The van der Waals surface area contributed by atoms with Gasteiger partial charge in [-0.3, -0.25) is 14.8 Å². The lowest BCUT2D eigenvalue weighted by atomic mass is 9.91. The van der Waals surface area contributed by atoms with E-state index in [1.165, 1.54) is 30.4 Å². The topological polar surface area (TPSA) is 92.4 Å². The molecule has 2 heterocycles. The number of ether oxygens (including phenoxy) is 2. The SMILES string of the molecule is COc1ccc(-c2nn[nH]c2C(=O)Nc2ccc3c(c2)CCN(C2CCC2)CC3)cc1OC. The first kappa shape index (κ1) is 21.5. The van der Waals surface area contributed by atoms with Crippen molar-refractivity contribution in [3.63, 3.8) is 0 Å². The molecule has 2 aliphatic rings. The molecule has 2 aromatic carbocycles. The zero-order chi connectivity index (χ0) is 22.8. The monoisotopic (exact) mass is 447 g/mol. The second-order valence-electron chi connectivity index (χ2n) is 8.66. The van der Waals surface area contributed by atoms with Crippen molar-refractivity contribution in [1.29, 1.82) is 0 Å². The molecule has 1 aromatic heterocycles. The van der Waals surface area contributed by atoms with Crippen LogP contribution in [0.25, 0.3) is 11.3 Å². The Hall–Kier alpha value is -3.39. The maximum absolute atomic E-state index is 13.1. The van der Waals surface area contributed by atoms with Crippen molar-refractivity contribution >= 4 is 11.6 Å². The Kier molecular flexibility index (Phi) is 6.00. The number of fused-ring (bicyclic) bond motifs is 1. The molecule has 2 N–H and O–H groups in total. The van der Waals surface area contributed by atoms with Crippen LogP contribution in [0.15, 0.2) is 36.4 Å². The number of nitrogens with one attached hydrogen (secondary N) is 2. The molecular formula is C25H29N5O3. The zero-order valence-electron chi connectivity index (χ0n) is 19.1. The summed E-state index contributed by atoms with van der Waals surface area (Å²) in [5, 5.41) is 13.8. The number of anilines is 1. The summed E-state index contributed by atoms with van der Waals surface area (Å²) in [6.07, 6.45) is 6.10. The number of hydrogen-bond acceptors (Lipinski definition) is 6. The molecule has 0 bridgehead atoms. The number of carbonyl (C=O) groups excluding carboxylic acids is 1. The first-order valence-electron chi connectivity index (χ1n) is 11.5. The van der Waals surface area contributed by atoms with Gasteiger partial charge in [0.05, 0.1) is 14.2 Å². The van der Waals surface area contributed by atoms with Gasteiger partial charge in [-0.2, -0.15) is 0 Å². The van der Waals surface area contributed by atoms with Gasteiger partial charge in [0.25, 0.3) is 5.91 Å². The van der Waals surface area contributed by atoms with Crippen molar-refractivity contribution in [3.8, 4) is 22.8 Å². The van der Waals surface area contributed by atoms with E-state index in [9.17, 15) is 4.79 Å². The van der Waals surface area contributed by atoms with Crippen LogP contribution in [-0.2, 0) is 12.8 Å². The van der Waals surface area contributed by atoms with Crippen molar-refractivity contribution in [2.45, 2.75) is 38.1 Å². The Balaban J connectivity index is 1.33. The molecule has 172 valence electrons. The van der Waals surface area contributed by atoms with E-state index in [-0.39, 0.29) is 5.91 Å². The van der Waals surface area contributed by atoms with Crippen molar-refractivity contribution in [2.75, 3.05) is 32.6 Å². The number of aromatic amines is 1. The molecule has 1 aliphatic carbocycles. The normalized spacial score (nSPS) is 16.4. The lowest BCUT2D eigenvalue weighted by Gasteiger charge is -2.36. The molecule has 5 rings (SSSR count). The predicted molar refractivity (Wildman–Crippen MR) is 126 cm³/mol. The minimum Gasteiger partial charge on any atom is -0.493 e. The number of amides is 1. The first-order valence-corrected chi connectivity index (χ1v) is 11.5. The van der Waals surface area contributed by atoms with Crippen molar-refractivity contribution < 1.29 is 14.3 Å². The molecule has 0 radical (unpaired) electrons. The largest absolute Gasteiger partial charge is 0.493 e. The Morgan fingerprint density at radius 2 is 1.82 bits per heavy atom. The summed E-state index contributed by atoms with van der Waals surface area (Å²) in [5.41, 5.74) is 4.95. The first-order chi connectivity index (χ1) is 16.2. The van der Waals surface area contributed by atoms with Crippen LogP contribution in [0.1, 0.15) is 40.9 Å². The van der Waals surface area contributed by atoms with E-state index < -0.39 is 0 Å². The molecule has 8 nitrogen and oxygen atoms in total. The fourth-order valence-corrected chi connectivity index (χ4v) is 4.70. The molecular weight excluding hydrogens is 418 g/mol. The van der Waals surface area contributed by atoms with Crippen LogP contribution in [0.2, 0.25) is 0 Å². The molecule has 1 fully saturated rings. The molecule has 0 unspecified atom stereocenters. The summed E-state index contributed by atoms with van der Waals surface area (Å²) in [6.45, 7) is 2.21. The Bertz CT molecular complexity index is 1150. The average Bonchev–Trinajstić information content (AvgIpc) is 3.21. The molecule has 3 aromatic rings. The Morgan fingerprint density at radius 1 is 1.03 bits per heavy atom. The maximum atomic E-state index is 13.1. The van der Waals surface area contributed by atoms with Gasteiger partial charge in [-0.25, -0.2) is 0 Å². The minimum absolute atomic E-state index is 0.283. The van der Waals surface area contributed by atoms with Gasteiger partial charge >= 0.3 is 0 Å². The standard InChI is InChI=1S/C25H29N5O3/c1-32-21-9-7-18(15-22(21)33-2)23-24(28-29-27-23)25(31)26-19-8-6-16-10-12-30(20-4-3-5-20)13-11-17(16)14-19/h6-9,14-15,20H,3-5,10-13H2,1-2H3,(H,26,31)(H,27,28,29).